The SMILES string of the molecule is Cc1cc(C(=O)O)c2bccnc2c1C. The molecule has 1 aromatic carbocycles. The summed E-state index contributed by atoms with van der Waals surface area (Å²) in [4.78, 5) is 15.3. The number of hydrogen-bond acceptors (Lipinski definition) is 2. The summed E-state index contributed by atoms with van der Waals surface area (Å²) in [5.41, 5.74) is 3.09. The van der Waals surface area contributed by atoms with Crippen molar-refractivity contribution in [3.05, 3.63) is 34.9 Å². The van der Waals surface area contributed by atoms with Gasteiger partial charge >= 0.3 is 87.3 Å². The maximum absolute atomic E-state index is 11.1. The third kappa shape index (κ3) is 1.52. The first-order valence-electron chi connectivity index (χ1n) is 4.69. The van der Waals surface area contributed by atoms with Gasteiger partial charge in [-0.05, 0) is 0 Å². The van der Waals surface area contributed by atoms with Crippen LogP contribution in [0.4, 0.5) is 0 Å². The Balaban J connectivity index is 2.94. The number of aromatic nitrogens is 1. The number of fused-ring (bicyclic) bond motifs is 1. The van der Waals surface area contributed by atoms with Crippen molar-refractivity contribution in [2.75, 3.05) is 0 Å². The van der Waals surface area contributed by atoms with Crippen LogP contribution in [0.15, 0.2) is 18.2 Å². The van der Waals surface area contributed by atoms with Gasteiger partial charge in [-0.15, -0.1) is 0 Å². The van der Waals surface area contributed by atoms with Crippen LogP contribution in [0.2, 0.25) is 0 Å². The van der Waals surface area contributed by atoms with Gasteiger partial charge in [0.25, 0.3) is 0 Å². The Labute approximate surface area is 88.0 Å². The number of carbonyl (C=O) groups is 1. The molecule has 1 heterocycles. The molecule has 0 saturated heterocycles. The summed E-state index contributed by atoms with van der Waals surface area (Å²) < 4.78 is 0. The summed E-state index contributed by atoms with van der Waals surface area (Å²) in [6.45, 7) is 5.64. The molecule has 4 heteroatoms. The van der Waals surface area contributed by atoms with Gasteiger partial charge in [0.1, 0.15) is 0 Å². The van der Waals surface area contributed by atoms with E-state index in [0.29, 0.717) is 10.8 Å². The van der Waals surface area contributed by atoms with Crippen LogP contribution in [0, 0.1) is 13.8 Å². The van der Waals surface area contributed by atoms with E-state index in [1.54, 1.807) is 25.1 Å². The average Bonchev–Trinajstić information content (AvgIpc) is 2.23. The first-order valence-corrected chi connectivity index (χ1v) is 4.69. The van der Waals surface area contributed by atoms with Crippen molar-refractivity contribution in [2.24, 2.45) is 0 Å². The molecule has 74 valence electrons. The van der Waals surface area contributed by atoms with Gasteiger partial charge in [-0.25, -0.2) is 0 Å². The molecule has 0 radical (unpaired) electrons. The number of nitrogens with zero attached hydrogens (tertiary/aromatic N) is 1. The van der Waals surface area contributed by atoms with Crippen LogP contribution in [0.3, 0.4) is 0 Å². The van der Waals surface area contributed by atoms with Crippen molar-refractivity contribution in [3.63, 3.8) is 0 Å². The van der Waals surface area contributed by atoms with E-state index in [0.717, 1.165) is 16.6 Å². The van der Waals surface area contributed by atoms with Gasteiger partial charge in [0.15, 0.2) is 0 Å². The van der Waals surface area contributed by atoms with Gasteiger partial charge in [-0.1, -0.05) is 0 Å². The van der Waals surface area contributed by atoms with E-state index in [4.69, 9.17) is 5.11 Å². The zero-order chi connectivity index (χ0) is 11.0. The number of aromatic carboxylic acids is 1. The molecule has 2 aromatic rings. The van der Waals surface area contributed by atoms with Crippen LogP contribution in [0.5, 0.6) is 0 Å². The third-order valence-electron chi connectivity index (χ3n) is 2.64. The zero-order valence-electron chi connectivity index (χ0n) is 8.61. The van der Waals surface area contributed by atoms with E-state index in [-0.39, 0.29) is 0 Å². The molecule has 0 bridgehead atoms. The predicted molar refractivity (Wildman–Crippen MR) is 59.5 cm³/mol. The summed E-state index contributed by atoms with van der Waals surface area (Å²) in [6.07, 6.45) is 1.68. The third-order valence-corrected chi connectivity index (χ3v) is 2.64. The summed E-state index contributed by atoms with van der Waals surface area (Å²) in [5.74, 6) is 0.847. The second-order valence-corrected chi connectivity index (χ2v) is 3.57. The monoisotopic (exact) mass is 199 g/mol. The van der Waals surface area contributed by atoms with E-state index >= 15 is 0 Å². The molecular formula is C11H10BNO2. The topological polar surface area (TPSA) is 50.2 Å². The fraction of sp³-hybridized carbons (Fsp3) is 0.182. The molecule has 0 unspecified atom stereocenters. The van der Waals surface area contributed by atoms with Crippen molar-refractivity contribution >= 4 is 23.7 Å². The minimum absolute atomic E-state index is 0.321. The van der Waals surface area contributed by atoms with Crippen molar-refractivity contribution in [1.29, 1.82) is 0 Å². The Morgan fingerprint density at radius 2 is 2.20 bits per heavy atom. The zero-order valence-corrected chi connectivity index (χ0v) is 8.61. The van der Waals surface area contributed by atoms with Crippen LogP contribution in [0.1, 0.15) is 21.5 Å². The Kier molecular flexibility index (Phi) is 2.27. The quantitative estimate of drug-likeness (QED) is 0.762. The molecule has 0 spiro atoms. The Hall–Kier alpha value is -1.71. The van der Waals surface area contributed by atoms with Gasteiger partial charge < -0.3 is 0 Å². The minimum atomic E-state index is -0.906. The van der Waals surface area contributed by atoms with Gasteiger partial charge in [0, 0.05) is 0 Å². The van der Waals surface area contributed by atoms with Gasteiger partial charge in [-0.2, -0.15) is 0 Å². The molecule has 0 atom stereocenters. The van der Waals surface area contributed by atoms with E-state index in [9.17, 15) is 4.79 Å². The van der Waals surface area contributed by atoms with Gasteiger partial charge in [0.05, 0.1) is 0 Å². The number of carboxylic acid groups (broad SMARTS) is 1. The standard InChI is InChI=1S/C11H10BNO2/c1-6-5-8(11(14)15)9-10(7(6)2)13-4-3-12-9/h3-5H,1-2H3,(H,14,15). The molecule has 0 saturated carbocycles. The normalized spacial score (nSPS) is 10.3. The summed E-state index contributed by atoms with van der Waals surface area (Å²) >= 11 is 0. The van der Waals surface area contributed by atoms with Crippen molar-refractivity contribution in [3.8, 4) is 0 Å². The number of rotatable bonds is 1. The van der Waals surface area contributed by atoms with E-state index in [1.807, 2.05) is 13.8 Å². The first-order chi connectivity index (χ1) is 7.11. The molecule has 1 aromatic heterocycles. The van der Waals surface area contributed by atoms with Crippen molar-refractivity contribution in [2.45, 2.75) is 13.8 Å². The van der Waals surface area contributed by atoms with E-state index < -0.39 is 5.97 Å². The molecule has 0 aliphatic carbocycles. The van der Waals surface area contributed by atoms with Crippen LogP contribution < -0.4 is 0 Å². The van der Waals surface area contributed by atoms with Crippen LogP contribution in [-0.2, 0) is 0 Å². The van der Waals surface area contributed by atoms with Crippen LogP contribution in [0.25, 0.3) is 10.8 Å². The number of carboxylic acids is 1. The fourth-order valence-electron chi connectivity index (χ4n) is 1.69. The fourth-order valence-corrected chi connectivity index (χ4v) is 1.69. The number of hydrogen-bond donors (Lipinski definition) is 1. The Bertz CT molecular complexity index is 552. The average molecular weight is 199 g/mol. The Morgan fingerprint density at radius 1 is 1.47 bits per heavy atom. The molecule has 0 fully saturated rings. The summed E-state index contributed by atoms with van der Waals surface area (Å²) in [5, 5.41) is 9.77. The molecular weight excluding hydrogens is 189 g/mol. The van der Waals surface area contributed by atoms with Crippen LogP contribution >= 0.6 is 0 Å². The summed E-state index contributed by atoms with van der Waals surface area (Å²) in [7, 11) is 0. The molecule has 0 aliphatic heterocycles. The predicted octanol–water partition coefficient (Wildman–Crippen LogP) is 1.89. The molecule has 0 amide bonds. The van der Waals surface area contributed by atoms with Crippen LogP contribution in [-0.4, -0.2) is 23.0 Å². The Morgan fingerprint density at radius 3 is 2.87 bits per heavy atom. The molecule has 2 rings (SSSR count). The number of aryl methyl sites for hydroxylation is 2. The van der Waals surface area contributed by atoms with Gasteiger partial charge in [0.2, 0.25) is 0 Å². The second kappa shape index (κ2) is 3.46. The summed E-state index contributed by atoms with van der Waals surface area (Å²) in [6, 6.07) is 1.70. The van der Waals surface area contributed by atoms with Crippen molar-refractivity contribution < 1.29 is 9.90 Å². The molecule has 15 heavy (non-hydrogen) atoms. The van der Waals surface area contributed by atoms with E-state index in [1.165, 1.54) is 0 Å². The molecule has 1 N–H and O–H groups in total. The maximum atomic E-state index is 11.1. The second-order valence-electron chi connectivity index (χ2n) is 3.57. The first kappa shape index (κ1) is 9.83. The van der Waals surface area contributed by atoms with Crippen molar-refractivity contribution in [1.82, 2.24) is 4.98 Å². The molecule has 3 nitrogen and oxygen atoms in total. The molecule has 0 aliphatic rings. The number of benzene rings is 1. The van der Waals surface area contributed by atoms with E-state index in [2.05, 4.69) is 4.98 Å². The van der Waals surface area contributed by atoms with Gasteiger partial charge in [-0.3, -0.25) is 0 Å².